The molecule has 0 radical (unpaired) electrons. The van der Waals surface area contributed by atoms with Gasteiger partial charge in [-0.15, -0.1) is 0 Å². The van der Waals surface area contributed by atoms with Gasteiger partial charge in [0, 0.05) is 23.1 Å². The van der Waals surface area contributed by atoms with Crippen LogP contribution in [0.3, 0.4) is 0 Å². The third-order valence-corrected chi connectivity index (χ3v) is 2.29. The Morgan fingerprint density at radius 3 is 2.86 bits per heavy atom. The predicted molar refractivity (Wildman–Crippen MR) is 62.2 cm³/mol. The first-order valence-corrected chi connectivity index (χ1v) is 5.39. The minimum Gasteiger partial charge on any atom is -0.385 e. The summed E-state index contributed by atoms with van der Waals surface area (Å²) in [6.45, 7) is 2.91. The molecule has 3 heteroatoms. The average Bonchev–Trinajstić information content (AvgIpc) is 2.11. The van der Waals surface area contributed by atoms with E-state index < -0.39 is 0 Å². The molecular weight excluding hydrogens is 240 g/mol. The zero-order valence-electron chi connectivity index (χ0n) is 8.18. The van der Waals surface area contributed by atoms with Crippen molar-refractivity contribution in [1.29, 1.82) is 5.26 Å². The zero-order chi connectivity index (χ0) is 10.4. The lowest BCUT2D eigenvalue weighted by molar-refractivity contribution is 0.897. The Morgan fingerprint density at radius 2 is 2.21 bits per heavy atom. The molecule has 0 fully saturated rings. The molecule has 0 unspecified atom stereocenters. The van der Waals surface area contributed by atoms with E-state index in [0.29, 0.717) is 6.42 Å². The van der Waals surface area contributed by atoms with Crippen LogP contribution in [0, 0.1) is 18.3 Å². The molecule has 0 spiro atoms. The molecule has 0 saturated heterocycles. The molecule has 1 N–H and O–H groups in total. The Balaban J connectivity index is 2.47. The second-order valence-electron chi connectivity index (χ2n) is 3.21. The fourth-order valence-electron chi connectivity index (χ4n) is 1.24. The van der Waals surface area contributed by atoms with Gasteiger partial charge in [-0.3, -0.25) is 0 Å². The number of anilines is 1. The summed E-state index contributed by atoms with van der Waals surface area (Å²) in [5, 5.41) is 11.6. The maximum atomic E-state index is 8.37. The van der Waals surface area contributed by atoms with Gasteiger partial charge in [0.05, 0.1) is 6.07 Å². The maximum Gasteiger partial charge on any atom is 0.0622 e. The fraction of sp³-hybridized carbons (Fsp3) is 0.364. The van der Waals surface area contributed by atoms with E-state index in [-0.39, 0.29) is 0 Å². The number of hydrogen-bond acceptors (Lipinski definition) is 2. The van der Waals surface area contributed by atoms with Gasteiger partial charge in [-0.25, -0.2) is 0 Å². The molecule has 0 aliphatic rings. The highest BCUT2D eigenvalue weighted by atomic mass is 79.9. The summed E-state index contributed by atoms with van der Waals surface area (Å²) >= 11 is 3.44. The van der Waals surface area contributed by atoms with Gasteiger partial charge in [-0.1, -0.05) is 15.9 Å². The lowest BCUT2D eigenvalue weighted by atomic mass is 10.2. The van der Waals surface area contributed by atoms with Gasteiger partial charge in [0.15, 0.2) is 0 Å². The number of aryl methyl sites for hydroxylation is 1. The molecule has 0 atom stereocenters. The van der Waals surface area contributed by atoms with Crippen molar-refractivity contribution >= 4 is 21.6 Å². The molecule has 0 aliphatic heterocycles. The summed E-state index contributed by atoms with van der Waals surface area (Å²) in [6.07, 6.45) is 1.50. The van der Waals surface area contributed by atoms with Crippen LogP contribution in [-0.4, -0.2) is 6.54 Å². The van der Waals surface area contributed by atoms with E-state index in [1.54, 1.807) is 0 Å². The quantitative estimate of drug-likeness (QED) is 0.834. The summed E-state index contributed by atoms with van der Waals surface area (Å²) < 4.78 is 1.08. The van der Waals surface area contributed by atoms with E-state index in [1.807, 2.05) is 6.07 Å². The summed E-state index contributed by atoms with van der Waals surface area (Å²) in [4.78, 5) is 0. The van der Waals surface area contributed by atoms with Crippen LogP contribution < -0.4 is 5.32 Å². The van der Waals surface area contributed by atoms with Crippen molar-refractivity contribution in [1.82, 2.24) is 0 Å². The zero-order valence-corrected chi connectivity index (χ0v) is 9.76. The van der Waals surface area contributed by atoms with Crippen LogP contribution in [-0.2, 0) is 0 Å². The van der Waals surface area contributed by atoms with Crippen molar-refractivity contribution in [2.75, 3.05) is 11.9 Å². The summed E-state index contributed by atoms with van der Waals surface area (Å²) in [7, 11) is 0. The first kappa shape index (κ1) is 11.1. The van der Waals surface area contributed by atoms with Crippen LogP contribution in [0.2, 0.25) is 0 Å². The highest BCUT2D eigenvalue weighted by Gasteiger charge is 1.95. The summed E-state index contributed by atoms with van der Waals surface area (Å²) in [5.41, 5.74) is 2.33. The Bertz CT molecular complexity index is 321. The van der Waals surface area contributed by atoms with Crippen LogP contribution in [0.4, 0.5) is 5.69 Å². The van der Waals surface area contributed by atoms with Crippen LogP contribution in [0.5, 0.6) is 0 Å². The van der Waals surface area contributed by atoms with Gasteiger partial charge in [-0.2, -0.15) is 5.26 Å². The molecule has 0 bridgehead atoms. The molecule has 2 nitrogen and oxygen atoms in total. The van der Waals surface area contributed by atoms with Crippen molar-refractivity contribution < 1.29 is 0 Å². The predicted octanol–water partition coefficient (Wildman–Crippen LogP) is 3.47. The lowest BCUT2D eigenvalue weighted by Crippen LogP contribution is -2.01. The molecule has 0 heterocycles. The summed E-state index contributed by atoms with van der Waals surface area (Å²) in [6, 6.07) is 8.33. The number of benzene rings is 1. The lowest BCUT2D eigenvalue weighted by Gasteiger charge is -2.06. The minimum atomic E-state index is 0.611. The normalized spacial score (nSPS) is 9.50. The van der Waals surface area contributed by atoms with E-state index >= 15 is 0 Å². The first-order valence-electron chi connectivity index (χ1n) is 4.60. The smallest absolute Gasteiger partial charge is 0.0622 e. The second kappa shape index (κ2) is 5.66. The molecule has 0 aliphatic carbocycles. The molecule has 0 aromatic heterocycles. The molecule has 14 heavy (non-hydrogen) atoms. The van der Waals surface area contributed by atoms with Crippen molar-refractivity contribution in [2.24, 2.45) is 0 Å². The van der Waals surface area contributed by atoms with Crippen LogP contribution in [0.1, 0.15) is 18.4 Å². The van der Waals surface area contributed by atoms with Crippen LogP contribution in [0.25, 0.3) is 0 Å². The van der Waals surface area contributed by atoms with Gasteiger partial charge in [-0.05, 0) is 37.1 Å². The van der Waals surface area contributed by atoms with Gasteiger partial charge in [0.25, 0.3) is 0 Å². The largest absolute Gasteiger partial charge is 0.385 e. The molecule has 74 valence electrons. The molecular formula is C11H13BrN2. The highest BCUT2D eigenvalue weighted by molar-refractivity contribution is 9.10. The van der Waals surface area contributed by atoms with Gasteiger partial charge >= 0.3 is 0 Å². The van der Waals surface area contributed by atoms with E-state index in [0.717, 1.165) is 23.1 Å². The monoisotopic (exact) mass is 252 g/mol. The topological polar surface area (TPSA) is 35.8 Å². The number of nitrogens with one attached hydrogen (secondary N) is 1. The second-order valence-corrected chi connectivity index (χ2v) is 4.12. The van der Waals surface area contributed by atoms with Crippen molar-refractivity contribution in [3.8, 4) is 6.07 Å². The molecule has 1 rings (SSSR count). The van der Waals surface area contributed by atoms with Crippen LogP contribution >= 0.6 is 15.9 Å². The number of unbranched alkanes of at least 4 members (excludes halogenated alkanes) is 1. The maximum absolute atomic E-state index is 8.37. The first-order chi connectivity index (χ1) is 6.72. The van der Waals surface area contributed by atoms with E-state index in [4.69, 9.17) is 5.26 Å². The van der Waals surface area contributed by atoms with Crippen LogP contribution in [0.15, 0.2) is 22.7 Å². The molecule has 1 aromatic carbocycles. The Labute approximate surface area is 93.1 Å². The molecule has 1 aromatic rings. The molecule has 0 amide bonds. The molecule has 0 saturated carbocycles. The van der Waals surface area contributed by atoms with Crippen molar-refractivity contribution in [3.63, 3.8) is 0 Å². The van der Waals surface area contributed by atoms with Gasteiger partial charge in [0.1, 0.15) is 0 Å². The minimum absolute atomic E-state index is 0.611. The average molecular weight is 253 g/mol. The Hall–Kier alpha value is -1.01. The summed E-state index contributed by atoms with van der Waals surface area (Å²) in [5.74, 6) is 0. The van der Waals surface area contributed by atoms with Gasteiger partial charge in [0.2, 0.25) is 0 Å². The Kier molecular flexibility index (Phi) is 4.48. The number of nitriles is 1. The van der Waals surface area contributed by atoms with Crippen molar-refractivity contribution in [3.05, 3.63) is 28.2 Å². The number of halogens is 1. The number of hydrogen-bond donors (Lipinski definition) is 1. The standard InChI is InChI=1S/C11H13BrN2/c1-9-6-10(12)8-11(7-9)14-5-3-2-4-13/h6-8,14H,2-3,5H2,1H3. The Morgan fingerprint density at radius 1 is 1.43 bits per heavy atom. The van der Waals surface area contributed by atoms with Crippen molar-refractivity contribution in [2.45, 2.75) is 19.8 Å². The van der Waals surface area contributed by atoms with E-state index in [1.165, 1.54) is 5.56 Å². The van der Waals surface area contributed by atoms with E-state index in [2.05, 4.69) is 46.4 Å². The SMILES string of the molecule is Cc1cc(Br)cc(NCCCC#N)c1. The van der Waals surface area contributed by atoms with Gasteiger partial charge < -0.3 is 5.32 Å². The number of rotatable bonds is 4. The number of nitrogens with zero attached hydrogens (tertiary/aromatic N) is 1. The van der Waals surface area contributed by atoms with E-state index in [9.17, 15) is 0 Å². The third kappa shape index (κ3) is 3.80. The highest BCUT2D eigenvalue weighted by Crippen LogP contribution is 2.18. The fourth-order valence-corrected chi connectivity index (χ4v) is 1.85. The third-order valence-electron chi connectivity index (χ3n) is 1.84.